The van der Waals surface area contributed by atoms with Crippen LogP contribution in [0.25, 0.3) is 0 Å². The molecule has 24 heavy (non-hydrogen) atoms. The molecule has 0 N–H and O–H groups in total. The fraction of sp³-hybridized carbons (Fsp3) is 0.136. The Hall–Kier alpha value is -2.71. The van der Waals surface area contributed by atoms with Crippen LogP contribution in [0, 0.1) is 0 Å². The summed E-state index contributed by atoms with van der Waals surface area (Å²) < 4.78 is 6.37. The zero-order valence-electron chi connectivity index (χ0n) is 13.7. The highest BCUT2D eigenvalue weighted by molar-refractivity contribution is 5.74. The Morgan fingerprint density at radius 1 is 0.750 bits per heavy atom. The molecule has 3 aromatic carbocycles. The van der Waals surface area contributed by atoms with Crippen molar-refractivity contribution < 1.29 is 9.53 Å². The SMILES string of the molecule is CCOC(c1ccccc1)(c1ccccc1)c1ccc(C=O)cc1. The summed E-state index contributed by atoms with van der Waals surface area (Å²) in [5, 5.41) is 0. The van der Waals surface area contributed by atoms with Gasteiger partial charge in [-0.2, -0.15) is 0 Å². The molecule has 0 radical (unpaired) electrons. The van der Waals surface area contributed by atoms with Crippen LogP contribution in [-0.2, 0) is 10.3 Å². The molecule has 120 valence electrons. The Bertz CT molecular complexity index is 738. The van der Waals surface area contributed by atoms with Crippen LogP contribution >= 0.6 is 0 Å². The van der Waals surface area contributed by atoms with E-state index in [2.05, 4.69) is 24.3 Å². The normalized spacial score (nSPS) is 11.2. The van der Waals surface area contributed by atoms with Gasteiger partial charge in [-0.1, -0.05) is 84.9 Å². The average molecular weight is 316 g/mol. The molecule has 0 saturated heterocycles. The van der Waals surface area contributed by atoms with Gasteiger partial charge < -0.3 is 4.74 Å². The van der Waals surface area contributed by atoms with Crippen LogP contribution in [0.1, 0.15) is 34.0 Å². The number of rotatable bonds is 6. The lowest BCUT2D eigenvalue weighted by molar-refractivity contribution is 0.0215. The van der Waals surface area contributed by atoms with Crippen molar-refractivity contribution in [3.63, 3.8) is 0 Å². The quantitative estimate of drug-likeness (QED) is 0.481. The molecule has 0 bridgehead atoms. The van der Waals surface area contributed by atoms with E-state index in [0.717, 1.165) is 23.0 Å². The molecule has 0 unspecified atom stereocenters. The number of hydrogen-bond acceptors (Lipinski definition) is 2. The number of ether oxygens (including phenoxy) is 1. The Labute approximate surface area is 142 Å². The first-order chi connectivity index (χ1) is 11.8. The summed E-state index contributed by atoms with van der Waals surface area (Å²) in [6.45, 7) is 2.57. The standard InChI is InChI=1S/C22H20O2/c1-2-24-22(19-9-5-3-6-10-19,20-11-7-4-8-12-20)21-15-13-18(17-23)14-16-21/h3-17H,2H2,1H3. The van der Waals surface area contributed by atoms with E-state index >= 15 is 0 Å². The molecule has 0 aliphatic carbocycles. The van der Waals surface area contributed by atoms with Gasteiger partial charge in [0.1, 0.15) is 11.9 Å². The predicted octanol–water partition coefficient (Wildman–Crippen LogP) is 4.83. The second-order valence-corrected chi connectivity index (χ2v) is 5.59. The molecule has 0 fully saturated rings. The molecule has 0 saturated carbocycles. The highest BCUT2D eigenvalue weighted by Crippen LogP contribution is 2.40. The minimum atomic E-state index is -0.696. The van der Waals surface area contributed by atoms with Crippen LogP contribution in [0.3, 0.4) is 0 Å². The van der Waals surface area contributed by atoms with Crippen LogP contribution in [0.15, 0.2) is 84.9 Å². The van der Waals surface area contributed by atoms with Gasteiger partial charge in [-0.15, -0.1) is 0 Å². The van der Waals surface area contributed by atoms with Gasteiger partial charge in [-0.3, -0.25) is 4.79 Å². The summed E-state index contributed by atoms with van der Waals surface area (Å²) in [5.41, 5.74) is 3.10. The van der Waals surface area contributed by atoms with Crippen molar-refractivity contribution in [2.75, 3.05) is 6.61 Å². The topological polar surface area (TPSA) is 26.3 Å². The maximum Gasteiger partial charge on any atom is 0.150 e. The third kappa shape index (κ3) is 2.89. The molecule has 0 amide bonds. The lowest BCUT2D eigenvalue weighted by Gasteiger charge is -2.35. The summed E-state index contributed by atoms with van der Waals surface area (Å²) in [4.78, 5) is 11.0. The van der Waals surface area contributed by atoms with Gasteiger partial charge in [-0.25, -0.2) is 0 Å². The van der Waals surface area contributed by atoms with E-state index in [0.29, 0.717) is 12.2 Å². The van der Waals surface area contributed by atoms with E-state index in [1.807, 2.05) is 67.6 Å². The third-order valence-electron chi connectivity index (χ3n) is 4.17. The van der Waals surface area contributed by atoms with E-state index in [9.17, 15) is 4.79 Å². The number of aldehydes is 1. The minimum absolute atomic E-state index is 0.569. The molecule has 3 aromatic rings. The van der Waals surface area contributed by atoms with E-state index in [4.69, 9.17) is 4.74 Å². The lowest BCUT2D eigenvalue weighted by atomic mass is 9.80. The van der Waals surface area contributed by atoms with Crippen molar-refractivity contribution in [1.82, 2.24) is 0 Å². The van der Waals surface area contributed by atoms with E-state index < -0.39 is 5.60 Å². The van der Waals surface area contributed by atoms with Gasteiger partial charge in [0.15, 0.2) is 0 Å². The van der Waals surface area contributed by atoms with Crippen LogP contribution in [0.4, 0.5) is 0 Å². The van der Waals surface area contributed by atoms with E-state index in [1.54, 1.807) is 0 Å². The smallest absolute Gasteiger partial charge is 0.150 e. The second kappa shape index (κ2) is 7.24. The maximum absolute atomic E-state index is 11.0. The Balaban J connectivity index is 2.27. The maximum atomic E-state index is 11.0. The summed E-state index contributed by atoms with van der Waals surface area (Å²) in [7, 11) is 0. The number of hydrogen-bond donors (Lipinski definition) is 0. The molecule has 0 atom stereocenters. The first-order valence-corrected chi connectivity index (χ1v) is 8.12. The van der Waals surface area contributed by atoms with Gasteiger partial charge >= 0.3 is 0 Å². The molecule has 0 heterocycles. The Kier molecular flexibility index (Phi) is 4.88. The molecular weight excluding hydrogens is 296 g/mol. The average Bonchev–Trinajstić information content (AvgIpc) is 2.68. The number of carbonyl (C=O) groups excluding carboxylic acids is 1. The zero-order valence-corrected chi connectivity index (χ0v) is 13.7. The highest BCUT2D eigenvalue weighted by Gasteiger charge is 2.36. The predicted molar refractivity (Wildman–Crippen MR) is 96.2 cm³/mol. The molecule has 3 rings (SSSR count). The monoisotopic (exact) mass is 316 g/mol. The van der Waals surface area contributed by atoms with Crippen LogP contribution < -0.4 is 0 Å². The molecule has 0 aromatic heterocycles. The summed E-state index contributed by atoms with van der Waals surface area (Å²) in [6, 6.07) is 28.0. The second-order valence-electron chi connectivity index (χ2n) is 5.59. The van der Waals surface area contributed by atoms with Gasteiger partial charge in [0.05, 0.1) is 0 Å². The van der Waals surface area contributed by atoms with Gasteiger partial charge in [0.25, 0.3) is 0 Å². The van der Waals surface area contributed by atoms with Crippen molar-refractivity contribution in [3.05, 3.63) is 107 Å². The van der Waals surface area contributed by atoms with Crippen molar-refractivity contribution in [2.45, 2.75) is 12.5 Å². The molecule has 0 aliphatic heterocycles. The molecule has 2 heteroatoms. The first-order valence-electron chi connectivity index (χ1n) is 8.12. The molecule has 0 spiro atoms. The first kappa shape index (κ1) is 16.2. The summed E-state index contributed by atoms with van der Waals surface area (Å²) in [6.07, 6.45) is 0.858. The van der Waals surface area contributed by atoms with Crippen LogP contribution in [-0.4, -0.2) is 12.9 Å². The number of carbonyl (C=O) groups is 1. The van der Waals surface area contributed by atoms with Gasteiger partial charge in [0, 0.05) is 12.2 Å². The van der Waals surface area contributed by atoms with E-state index in [1.165, 1.54) is 0 Å². The fourth-order valence-electron chi connectivity index (χ4n) is 3.11. The summed E-state index contributed by atoms with van der Waals surface area (Å²) >= 11 is 0. The van der Waals surface area contributed by atoms with Crippen LogP contribution in [0.2, 0.25) is 0 Å². The van der Waals surface area contributed by atoms with E-state index in [-0.39, 0.29) is 0 Å². The largest absolute Gasteiger partial charge is 0.361 e. The van der Waals surface area contributed by atoms with Crippen molar-refractivity contribution in [1.29, 1.82) is 0 Å². The molecular formula is C22H20O2. The summed E-state index contributed by atoms with van der Waals surface area (Å²) in [5.74, 6) is 0. The zero-order chi connectivity index (χ0) is 16.8. The molecule has 2 nitrogen and oxygen atoms in total. The Morgan fingerprint density at radius 3 is 1.62 bits per heavy atom. The highest BCUT2D eigenvalue weighted by atomic mass is 16.5. The minimum Gasteiger partial charge on any atom is -0.361 e. The fourth-order valence-corrected chi connectivity index (χ4v) is 3.11. The lowest BCUT2D eigenvalue weighted by Crippen LogP contribution is -2.32. The van der Waals surface area contributed by atoms with Gasteiger partial charge in [0.2, 0.25) is 0 Å². The van der Waals surface area contributed by atoms with Crippen LogP contribution in [0.5, 0.6) is 0 Å². The Morgan fingerprint density at radius 2 is 1.21 bits per heavy atom. The van der Waals surface area contributed by atoms with Crippen molar-refractivity contribution >= 4 is 6.29 Å². The van der Waals surface area contributed by atoms with Gasteiger partial charge in [-0.05, 0) is 23.6 Å². The van der Waals surface area contributed by atoms with Crippen molar-refractivity contribution in [2.24, 2.45) is 0 Å². The number of benzene rings is 3. The van der Waals surface area contributed by atoms with Crippen molar-refractivity contribution in [3.8, 4) is 0 Å². The molecule has 0 aliphatic rings. The third-order valence-corrected chi connectivity index (χ3v) is 4.17.